The lowest BCUT2D eigenvalue weighted by atomic mass is 10.2. The van der Waals surface area contributed by atoms with Crippen molar-refractivity contribution >= 4 is 39.7 Å². The van der Waals surface area contributed by atoms with E-state index in [2.05, 4.69) is 15.3 Å². The predicted octanol–water partition coefficient (Wildman–Crippen LogP) is 4.15. The van der Waals surface area contributed by atoms with Gasteiger partial charge in [-0.05, 0) is 31.2 Å². The lowest BCUT2D eigenvalue weighted by Gasteiger charge is -2.12. The molecule has 0 amide bonds. The van der Waals surface area contributed by atoms with E-state index in [0.717, 1.165) is 5.39 Å². The average Bonchev–Trinajstić information content (AvgIpc) is 2.53. The summed E-state index contributed by atoms with van der Waals surface area (Å²) in [4.78, 5) is 8.44. The van der Waals surface area contributed by atoms with E-state index >= 15 is 0 Å². The number of nitrogen functional groups attached to an aromatic ring is 1. The lowest BCUT2D eigenvalue weighted by Crippen LogP contribution is -2.00. The first-order valence-corrected chi connectivity index (χ1v) is 7.35. The smallest absolute Gasteiger partial charge is 0.144 e. The third-order valence-corrected chi connectivity index (χ3v) is 3.54. The maximum atomic E-state index is 13.2. The van der Waals surface area contributed by atoms with Crippen LogP contribution >= 0.6 is 11.6 Å². The van der Waals surface area contributed by atoms with Crippen LogP contribution in [0.15, 0.2) is 36.7 Å². The molecule has 118 valence electrons. The van der Waals surface area contributed by atoms with Gasteiger partial charge in [0.05, 0.1) is 22.8 Å². The Morgan fingerprint density at radius 1 is 1.26 bits per heavy atom. The number of anilines is 3. The molecule has 0 aliphatic rings. The Kier molecular flexibility index (Phi) is 4.16. The molecular formula is C16H14ClFN4O. The Bertz CT molecular complexity index is 872. The number of nitrogens with one attached hydrogen (secondary N) is 1. The van der Waals surface area contributed by atoms with E-state index in [1.54, 1.807) is 18.2 Å². The second kappa shape index (κ2) is 6.26. The molecule has 5 nitrogen and oxygen atoms in total. The molecule has 0 fully saturated rings. The van der Waals surface area contributed by atoms with E-state index in [1.807, 2.05) is 6.92 Å². The first kappa shape index (κ1) is 15.3. The minimum absolute atomic E-state index is 0.0338. The van der Waals surface area contributed by atoms with E-state index in [-0.39, 0.29) is 5.02 Å². The average molecular weight is 333 g/mol. The molecule has 0 bridgehead atoms. The van der Waals surface area contributed by atoms with E-state index in [1.165, 1.54) is 18.5 Å². The third-order valence-electron chi connectivity index (χ3n) is 3.25. The van der Waals surface area contributed by atoms with E-state index in [0.29, 0.717) is 35.1 Å². The fourth-order valence-electron chi connectivity index (χ4n) is 2.19. The van der Waals surface area contributed by atoms with Gasteiger partial charge >= 0.3 is 0 Å². The molecule has 0 aliphatic carbocycles. The van der Waals surface area contributed by atoms with Crippen LogP contribution < -0.4 is 15.8 Å². The van der Waals surface area contributed by atoms with Crippen LogP contribution in [-0.4, -0.2) is 16.6 Å². The monoisotopic (exact) mass is 332 g/mol. The highest BCUT2D eigenvalue weighted by molar-refractivity contribution is 6.31. The molecule has 0 aliphatic heterocycles. The standard InChI is InChI=1S/C16H14ClFN4O/c1-2-23-15-7-14-10(6-13(15)19)16(21-8-20-14)22-9-3-4-12(18)11(17)5-9/h3-8H,2,19H2,1H3,(H,20,21,22). The van der Waals surface area contributed by atoms with Crippen molar-refractivity contribution in [2.45, 2.75) is 6.92 Å². The zero-order valence-electron chi connectivity index (χ0n) is 12.3. The number of nitrogens with two attached hydrogens (primary N) is 1. The van der Waals surface area contributed by atoms with Gasteiger partial charge in [-0.15, -0.1) is 0 Å². The van der Waals surface area contributed by atoms with E-state index in [4.69, 9.17) is 22.1 Å². The van der Waals surface area contributed by atoms with Crippen LogP contribution in [0.2, 0.25) is 5.02 Å². The summed E-state index contributed by atoms with van der Waals surface area (Å²) in [6.07, 6.45) is 1.43. The highest BCUT2D eigenvalue weighted by atomic mass is 35.5. The van der Waals surface area contributed by atoms with Crippen molar-refractivity contribution in [2.24, 2.45) is 0 Å². The highest BCUT2D eigenvalue weighted by Gasteiger charge is 2.10. The van der Waals surface area contributed by atoms with Gasteiger partial charge in [0, 0.05) is 17.1 Å². The van der Waals surface area contributed by atoms with Gasteiger partial charge in [-0.2, -0.15) is 0 Å². The summed E-state index contributed by atoms with van der Waals surface area (Å²) >= 11 is 5.79. The van der Waals surface area contributed by atoms with Crippen LogP contribution in [0.3, 0.4) is 0 Å². The highest BCUT2D eigenvalue weighted by Crippen LogP contribution is 2.31. The number of fused-ring (bicyclic) bond motifs is 1. The van der Waals surface area contributed by atoms with Crippen LogP contribution in [0.25, 0.3) is 10.9 Å². The van der Waals surface area contributed by atoms with Gasteiger partial charge in [-0.3, -0.25) is 0 Å². The number of nitrogens with zero attached hydrogens (tertiary/aromatic N) is 2. The second-order valence-electron chi connectivity index (χ2n) is 4.82. The summed E-state index contributed by atoms with van der Waals surface area (Å²) in [5.41, 5.74) is 7.80. The summed E-state index contributed by atoms with van der Waals surface area (Å²) in [6.45, 7) is 2.40. The molecule has 3 rings (SSSR count). The molecule has 0 radical (unpaired) electrons. The molecule has 0 atom stereocenters. The molecule has 0 spiro atoms. The van der Waals surface area contributed by atoms with Crippen molar-refractivity contribution in [3.8, 4) is 5.75 Å². The molecule has 3 aromatic rings. The molecule has 0 unspecified atom stereocenters. The van der Waals surface area contributed by atoms with Crippen molar-refractivity contribution in [3.63, 3.8) is 0 Å². The molecule has 1 aromatic heterocycles. The van der Waals surface area contributed by atoms with Gasteiger partial charge in [0.1, 0.15) is 23.7 Å². The summed E-state index contributed by atoms with van der Waals surface area (Å²) in [5.74, 6) is 0.650. The van der Waals surface area contributed by atoms with Crippen LogP contribution in [0, 0.1) is 5.82 Å². The van der Waals surface area contributed by atoms with Crippen molar-refractivity contribution in [3.05, 3.63) is 47.5 Å². The van der Waals surface area contributed by atoms with Gasteiger partial charge in [-0.25, -0.2) is 14.4 Å². The number of halogens is 2. The number of rotatable bonds is 4. The van der Waals surface area contributed by atoms with Crippen molar-refractivity contribution < 1.29 is 9.13 Å². The molecule has 23 heavy (non-hydrogen) atoms. The van der Waals surface area contributed by atoms with Crippen LogP contribution in [-0.2, 0) is 0 Å². The number of ether oxygens (including phenoxy) is 1. The fourth-order valence-corrected chi connectivity index (χ4v) is 2.37. The third kappa shape index (κ3) is 3.12. The Morgan fingerprint density at radius 2 is 2.09 bits per heavy atom. The fraction of sp³-hybridized carbons (Fsp3) is 0.125. The maximum Gasteiger partial charge on any atom is 0.144 e. The molecule has 1 heterocycles. The zero-order valence-corrected chi connectivity index (χ0v) is 13.1. The summed E-state index contributed by atoms with van der Waals surface area (Å²) in [5, 5.41) is 3.86. The molecule has 2 aromatic carbocycles. The van der Waals surface area contributed by atoms with Gasteiger partial charge < -0.3 is 15.8 Å². The van der Waals surface area contributed by atoms with E-state index < -0.39 is 5.82 Å². The molecule has 0 saturated carbocycles. The minimum Gasteiger partial charge on any atom is -0.492 e. The summed E-state index contributed by atoms with van der Waals surface area (Å²) < 4.78 is 18.7. The molecule has 0 saturated heterocycles. The van der Waals surface area contributed by atoms with Gasteiger partial charge in [0.2, 0.25) is 0 Å². The molecule has 7 heteroatoms. The quantitative estimate of drug-likeness (QED) is 0.702. The first-order chi connectivity index (χ1) is 11.1. The normalized spacial score (nSPS) is 10.7. The van der Waals surface area contributed by atoms with Crippen molar-refractivity contribution in [1.82, 2.24) is 9.97 Å². The number of aromatic nitrogens is 2. The van der Waals surface area contributed by atoms with E-state index in [9.17, 15) is 4.39 Å². The number of hydrogen-bond donors (Lipinski definition) is 2. The minimum atomic E-state index is -0.477. The van der Waals surface area contributed by atoms with Crippen LogP contribution in [0.1, 0.15) is 6.92 Å². The Balaban J connectivity index is 2.03. The molecular weight excluding hydrogens is 319 g/mol. The largest absolute Gasteiger partial charge is 0.492 e. The SMILES string of the molecule is CCOc1cc2ncnc(Nc3ccc(F)c(Cl)c3)c2cc1N. The van der Waals surface area contributed by atoms with Gasteiger partial charge in [-0.1, -0.05) is 11.6 Å². The second-order valence-corrected chi connectivity index (χ2v) is 5.22. The van der Waals surface area contributed by atoms with Crippen LogP contribution in [0.4, 0.5) is 21.6 Å². The number of benzene rings is 2. The Morgan fingerprint density at radius 3 is 2.83 bits per heavy atom. The zero-order chi connectivity index (χ0) is 16.4. The Hall–Kier alpha value is -2.60. The lowest BCUT2D eigenvalue weighted by molar-refractivity contribution is 0.342. The van der Waals surface area contributed by atoms with Crippen molar-refractivity contribution in [2.75, 3.05) is 17.7 Å². The van der Waals surface area contributed by atoms with Gasteiger partial charge in [0.25, 0.3) is 0 Å². The maximum absolute atomic E-state index is 13.2. The molecule has 3 N–H and O–H groups in total. The van der Waals surface area contributed by atoms with Gasteiger partial charge in [0.15, 0.2) is 0 Å². The summed E-state index contributed by atoms with van der Waals surface area (Å²) in [6, 6.07) is 7.86. The van der Waals surface area contributed by atoms with Crippen LogP contribution in [0.5, 0.6) is 5.75 Å². The Labute approximate surface area is 137 Å². The predicted molar refractivity (Wildman–Crippen MR) is 89.8 cm³/mol. The topological polar surface area (TPSA) is 73.1 Å². The summed E-state index contributed by atoms with van der Waals surface area (Å²) in [7, 11) is 0. The first-order valence-electron chi connectivity index (χ1n) is 6.97. The van der Waals surface area contributed by atoms with Crippen molar-refractivity contribution in [1.29, 1.82) is 0 Å². The number of hydrogen-bond acceptors (Lipinski definition) is 5.